The zero-order chi connectivity index (χ0) is 12.5. The molecular weight excluding hydrogens is 216 g/mol. The molecule has 0 saturated carbocycles. The van der Waals surface area contributed by atoms with Crippen molar-refractivity contribution in [2.24, 2.45) is 5.92 Å². The van der Waals surface area contributed by atoms with Gasteiger partial charge in [0.1, 0.15) is 0 Å². The Kier molecular flexibility index (Phi) is 3.73. The van der Waals surface area contributed by atoms with Crippen molar-refractivity contribution in [1.82, 2.24) is 10.2 Å². The van der Waals surface area contributed by atoms with Crippen molar-refractivity contribution in [3.63, 3.8) is 0 Å². The number of hydrogen-bond donors (Lipinski definition) is 2. The van der Waals surface area contributed by atoms with Crippen molar-refractivity contribution in [3.8, 4) is 0 Å². The number of aliphatic hydroxyl groups is 1. The molecule has 0 aromatic heterocycles. The van der Waals surface area contributed by atoms with Crippen LogP contribution in [0.15, 0.2) is 0 Å². The first-order valence-electron chi connectivity index (χ1n) is 6.75. The van der Waals surface area contributed by atoms with E-state index in [1.807, 2.05) is 11.8 Å². The summed E-state index contributed by atoms with van der Waals surface area (Å²) in [6, 6.07) is 0.0167. The summed E-state index contributed by atoms with van der Waals surface area (Å²) < 4.78 is 0. The first-order valence-corrected chi connectivity index (χ1v) is 6.75. The molecule has 4 nitrogen and oxygen atoms in total. The van der Waals surface area contributed by atoms with E-state index in [0.29, 0.717) is 5.92 Å². The SMILES string of the molecule is CC1CCN(C(=O)C2(C)CCCCN2)C1CO. The largest absolute Gasteiger partial charge is 0.394 e. The Morgan fingerprint density at radius 3 is 2.88 bits per heavy atom. The molecule has 2 N–H and O–H groups in total. The fourth-order valence-corrected chi connectivity index (χ4v) is 3.09. The molecule has 0 aliphatic carbocycles. The predicted molar refractivity (Wildman–Crippen MR) is 66.6 cm³/mol. The van der Waals surface area contributed by atoms with Gasteiger partial charge in [0, 0.05) is 6.54 Å². The monoisotopic (exact) mass is 240 g/mol. The maximum Gasteiger partial charge on any atom is 0.242 e. The van der Waals surface area contributed by atoms with E-state index in [0.717, 1.165) is 38.8 Å². The smallest absolute Gasteiger partial charge is 0.242 e. The molecule has 1 amide bonds. The summed E-state index contributed by atoms with van der Waals surface area (Å²) in [5.41, 5.74) is -0.407. The lowest BCUT2D eigenvalue weighted by atomic mass is 9.89. The van der Waals surface area contributed by atoms with Gasteiger partial charge >= 0.3 is 0 Å². The number of nitrogens with one attached hydrogen (secondary N) is 1. The highest BCUT2D eigenvalue weighted by Crippen LogP contribution is 2.29. The van der Waals surface area contributed by atoms with Gasteiger partial charge in [-0.1, -0.05) is 6.92 Å². The number of likely N-dealkylation sites (tertiary alicyclic amines) is 1. The minimum Gasteiger partial charge on any atom is -0.394 e. The Morgan fingerprint density at radius 1 is 1.53 bits per heavy atom. The third kappa shape index (κ3) is 2.33. The van der Waals surface area contributed by atoms with Crippen molar-refractivity contribution in [2.45, 2.75) is 51.1 Å². The Balaban J connectivity index is 2.08. The van der Waals surface area contributed by atoms with Crippen LogP contribution in [0.5, 0.6) is 0 Å². The zero-order valence-electron chi connectivity index (χ0n) is 10.9. The van der Waals surface area contributed by atoms with Crippen molar-refractivity contribution in [1.29, 1.82) is 0 Å². The van der Waals surface area contributed by atoms with E-state index in [1.54, 1.807) is 0 Å². The van der Waals surface area contributed by atoms with Crippen molar-refractivity contribution in [2.75, 3.05) is 19.7 Å². The summed E-state index contributed by atoms with van der Waals surface area (Å²) in [5, 5.41) is 12.8. The number of piperidine rings is 1. The predicted octanol–water partition coefficient (Wildman–Crippen LogP) is 0.748. The highest BCUT2D eigenvalue weighted by molar-refractivity contribution is 5.86. The second-order valence-electron chi connectivity index (χ2n) is 5.73. The van der Waals surface area contributed by atoms with Crippen LogP contribution in [0.1, 0.15) is 39.5 Å². The first-order chi connectivity index (χ1) is 8.08. The first kappa shape index (κ1) is 12.8. The van der Waals surface area contributed by atoms with Gasteiger partial charge in [0.25, 0.3) is 0 Å². The summed E-state index contributed by atoms with van der Waals surface area (Å²) in [7, 11) is 0. The van der Waals surface area contributed by atoms with Crippen LogP contribution in [-0.2, 0) is 4.79 Å². The molecule has 0 aromatic carbocycles. The number of carbonyl (C=O) groups is 1. The lowest BCUT2D eigenvalue weighted by Gasteiger charge is -2.38. The van der Waals surface area contributed by atoms with E-state index in [9.17, 15) is 9.90 Å². The Bertz CT molecular complexity index is 287. The fraction of sp³-hybridized carbons (Fsp3) is 0.923. The number of rotatable bonds is 2. The van der Waals surface area contributed by atoms with Gasteiger partial charge in [0.05, 0.1) is 18.2 Å². The second-order valence-corrected chi connectivity index (χ2v) is 5.73. The van der Waals surface area contributed by atoms with Crippen LogP contribution >= 0.6 is 0 Å². The quantitative estimate of drug-likeness (QED) is 0.749. The van der Waals surface area contributed by atoms with E-state index >= 15 is 0 Å². The highest BCUT2D eigenvalue weighted by atomic mass is 16.3. The van der Waals surface area contributed by atoms with E-state index in [-0.39, 0.29) is 18.6 Å². The number of aliphatic hydroxyl groups excluding tert-OH is 1. The summed E-state index contributed by atoms with van der Waals surface area (Å²) >= 11 is 0. The van der Waals surface area contributed by atoms with Gasteiger partial charge in [-0.05, 0) is 45.1 Å². The van der Waals surface area contributed by atoms with Gasteiger partial charge in [-0.3, -0.25) is 4.79 Å². The second kappa shape index (κ2) is 4.94. The standard InChI is InChI=1S/C13H24N2O2/c1-10-5-8-15(11(10)9-16)12(17)13(2)6-3-4-7-14-13/h10-11,14,16H,3-9H2,1-2H3. The molecule has 4 heteroatoms. The molecule has 2 fully saturated rings. The van der Waals surface area contributed by atoms with Gasteiger partial charge < -0.3 is 15.3 Å². The van der Waals surface area contributed by atoms with Crippen LogP contribution in [0.25, 0.3) is 0 Å². The maximum absolute atomic E-state index is 12.6. The molecule has 2 saturated heterocycles. The lowest BCUT2D eigenvalue weighted by Crippen LogP contribution is -2.59. The van der Waals surface area contributed by atoms with E-state index < -0.39 is 5.54 Å². The average Bonchev–Trinajstić information content (AvgIpc) is 2.70. The molecule has 98 valence electrons. The maximum atomic E-state index is 12.6. The van der Waals surface area contributed by atoms with Crippen LogP contribution in [0.4, 0.5) is 0 Å². The summed E-state index contributed by atoms with van der Waals surface area (Å²) in [4.78, 5) is 14.5. The molecule has 3 atom stereocenters. The molecule has 0 bridgehead atoms. The normalized spacial score (nSPS) is 38.4. The summed E-state index contributed by atoms with van der Waals surface area (Å²) in [6.07, 6.45) is 4.19. The summed E-state index contributed by atoms with van der Waals surface area (Å²) in [6.45, 7) is 5.93. The number of carbonyl (C=O) groups excluding carboxylic acids is 1. The van der Waals surface area contributed by atoms with E-state index in [4.69, 9.17) is 0 Å². The Labute approximate surface area is 103 Å². The Hall–Kier alpha value is -0.610. The lowest BCUT2D eigenvalue weighted by molar-refractivity contribution is -0.140. The van der Waals surface area contributed by atoms with Crippen LogP contribution in [0.3, 0.4) is 0 Å². The zero-order valence-corrected chi connectivity index (χ0v) is 10.9. The molecule has 0 aromatic rings. The molecule has 2 aliphatic rings. The van der Waals surface area contributed by atoms with Gasteiger partial charge in [0.15, 0.2) is 0 Å². The third-order valence-electron chi connectivity index (χ3n) is 4.42. The van der Waals surface area contributed by atoms with Gasteiger partial charge in [-0.15, -0.1) is 0 Å². The number of nitrogens with zero attached hydrogens (tertiary/aromatic N) is 1. The molecule has 0 spiro atoms. The van der Waals surface area contributed by atoms with Gasteiger partial charge in [0.2, 0.25) is 5.91 Å². The minimum atomic E-state index is -0.407. The topological polar surface area (TPSA) is 52.6 Å². The van der Waals surface area contributed by atoms with Crippen LogP contribution in [0.2, 0.25) is 0 Å². The Morgan fingerprint density at radius 2 is 2.29 bits per heavy atom. The van der Waals surface area contributed by atoms with E-state index in [2.05, 4.69) is 12.2 Å². The van der Waals surface area contributed by atoms with Crippen LogP contribution in [-0.4, -0.2) is 47.2 Å². The number of hydrogen-bond acceptors (Lipinski definition) is 3. The average molecular weight is 240 g/mol. The van der Waals surface area contributed by atoms with Gasteiger partial charge in [-0.25, -0.2) is 0 Å². The van der Waals surface area contributed by atoms with Gasteiger partial charge in [-0.2, -0.15) is 0 Å². The molecular formula is C13H24N2O2. The molecule has 2 rings (SSSR count). The molecule has 2 heterocycles. The number of amides is 1. The fourth-order valence-electron chi connectivity index (χ4n) is 3.09. The highest BCUT2D eigenvalue weighted by Gasteiger charge is 2.43. The molecule has 2 aliphatic heterocycles. The van der Waals surface area contributed by atoms with Crippen LogP contribution < -0.4 is 5.32 Å². The molecule has 17 heavy (non-hydrogen) atoms. The molecule has 0 radical (unpaired) electrons. The van der Waals surface area contributed by atoms with E-state index in [1.165, 1.54) is 0 Å². The molecule has 3 unspecified atom stereocenters. The summed E-state index contributed by atoms with van der Waals surface area (Å²) in [5.74, 6) is 0.594. The van der Waals surface area contributed by atoms with Crippen molar-refractivity contribution >= 4 is 5.91 Å². The third-order valence-corrected chi connectivity index (χ3v) is 4.42. The van der Waals surface area contributed by atoms with Crippen molar-refractivity contribution < 1.29 is 9.90 Å². The minimum absolute atomic E-state index is 0.0167. The van der Waals surface area contributed by atoms with Crippen molar-refractivity contribution in [3.05, 3.63) is 0 Å². The van der Waals surface area contributed by atoms with Crippen LogP contribution in [0, 0.1) is 5.92 Å².